The molecule has 0 aromatic carbocycles. The molecule has 0 aliphatic carbocycles. The van der Waals surface area contributed by atoms with E-state index in [1.807, 2.05) is 0 Å². The summed E-state index contributed by atoms with van der Waals surface area (Å²) in [5.41, 5.74) is 3.64. The second-order valence-electron chi connectivity index (χ2n) is 2.23. The number of nitrogen functional groups attached to an aromatic ring is 1. The molecule has 3 N–H and O–H groups in total. The van der Waals surface area contributed by atoms with Gasteiger partial charge in [0.2, 0.25) is 0 Å². The summed E-state index contributed by atoms with van der Waals surface area (Å²) >= 11 is 0. The van der Waals surface area contributed by atoms with Crippen LogP contribution in [0, 0.1) is 11.3 Å². The summed E-state index contributed by atoms with van der Waals surface area (Å²) in [6.45, 7) is 0. The number of nitrogens with zero attached hydrogens (tertiary/aromatic N) is 2. The third-order valence-electron chi connectivity index (χ3n) is 1.45. The van der Waals surface area contributed by atoms with Gasteiger partial charge in [0.15, 0.2) is 5.75 Å². The molecule has 1 aromatic rings. The average Bonchev–Trinajstić information content (AvgIpc) is 2.04. The first kappa shape index (κ1) is 9.19. The number of pyridine rings is 1. The van der Waals surface area contributed by atoms with E-state index in [-0.39, 0.29) is 5.56 Å². The summed E-state index contributed by atoms with van der Waals surface area (Å²) in [4.78, 5) is 3.21. The van der Waals surface area contributed by atoms with Crippen LogP contribution in [-0.2, 0) is 0 Å². The smallest absolute Gasteiger partial charge is 0.282 e. The van der Waals surface area contributed by atoms with Crippen molar-refractivity contribution in [3.05, 3.63) is 17.5 Å². The maximum absolute atomic E-state index is 12.1. The van der Waals surface area contributed by atoms with Crippen molar-refractivity contribution in [1.29, 1.82) is 5.26 Å². The highest BCUT2D eigenvalue weighted by Gasteiger charge is 2.18. The molecule has 6 heteroatoms. The summed E-state index contributed by atoms with van der Waals surface area (Å²) in [5.74, 6) is -0.496. The number of hydrogen-bond acceptors (Lipinski definition) is 4. The maximum Gasteiger partial charge on any atom is 0.282 e. The number of aromatic nitrogens is 1. The van der Waals surface area contributed by atoms with Gasteiger partial charge in [0, 0.05) is 0 Å². The molecule has 68 valence electrons. The second kappa shape index (κ2) is 3.23. The standard InChI is InChI=1S/C7H5F2N3O/c8-7(9)6-5(11)3(1-10)4(13)2-12-6/h2,7,13H,11H2. The molecule has 0 radical (unpaired) electrons. The van der Waals surface area contributed by atoms with Crippen LogP contribution in [0.25, 0.3) is 0 Å². The van der Waals surface area contributed by atoms with Gasteiger partial charge in [-0.1, -0.05) is 0 Å². The molecule has 0 fully saturated rings. The van der Waals surface area contributed by atoms with Crippen molar-refractivity contribution in [3.63, 3.8) is 0 Å². The topological polar surface area (TPSA) is 82.9 Å². The zero-order chi connectivity index (χ0) is 10.0. The van der Waals surface area contributed by atoms with E-state index in [4.69, 9.17) is 16.1 Å². The van der Waals surface area contributed by atoms with Crippen molar-refractivity contribution < 1.29 is 13.9 Å². The van der Waals surface area contributed by atoms with Gasteiger partial charge in [-0.25, -0.2) is 13.8 Å². The molecule has 1 rings (SSSR count). The molecule has 0 unspecified atom stereocenters. The number of rotatable bonds is 1. The molecule has 0 saturated heterocycles. The molecule has 0 atom stereocenters. The lowest BCUT2D eigenvalue weighted by Crippen LogP contribution is -2.01. The van der Waals surface area contributed by atoms with E-state index in [0.29, 0.717) is 0 Å². The summed E-state index contributed by atoms with van der Waals surface area (Å²) < 4.78 is 24.3. The first-order valence-electron chi connectivity index (χ1n) is 3.23. The van der Waals surface area contributed by atoms with Crippen LogP contribution < -0.4 is 5.73 Å². The lowest BCUT2D eigenvalue weighted by atomic mass is 10.2. The molecule has 1 aromatic heterocycles. The lowest BCUT2D eigenvalue weighted by Gasteiger charge is -2.05. The minimum Gasteiger partial charge on any atom is -0.505 e. The molecular weight excluding hydrogens is 180 g/mol. The van der Waals surface area contributed by atoms with Gasteiger partial charge in [-0.3, -0.25) is 0 Å². The summed E-state index contributed by atoms with van der Waals surface area (Å²) in [6.07, 6.45) is -2.08. The largest absolute Gasteiger partial charge is 0.505 e. The molecule has 0 saturated carbocycles. The van der Waals surface area contributed by atoms with Crippen LogP contribution in [0.15, 0.2) is 6.20 Å². The molecule has 4 nitrogen and oxygen atoms in total. The van der Waals surface area contributed by atoms with E-state index in [1.165, 1.54) is 6.07 Å². The van der Waals surface area contributed by atoms with Gasteiger partial charge in [-0.05, 0) is 0 Å². The lowest BCUT2D eigenvalue weighted by molar-refractivity contribution is 0.147. The fourth-order valence-electron chi connectivity index (χ4n) is 0.822. The highest BCUT2D eigenvalue weighted by molar-refractivity contribution is 5.62. The Bertz CT molecular complexity index is 373. The third-order valence-corrected chi connectivity index (χ3v) is 1.45. The van der Waals surface area contributed by atoms with Crippen molar-refractivity contribution >= 4 is 5.69 Å². The zero-order valence-corrected chi connectivity index (χ0v) is 6.33. The zero-order valence-electron chi connectivity index (χ0n) is 6.33. The van der Waals surface area contributed by atoms with Crippen molar-refractivity contribution in [3.8, 4) is 11.8 Å². The fraction of sp³-hybridized carbons (Fsp3) is 0.143. The van der Waals surface area contributed by atoms with E-state index in [0.717, 1.165) is 6.20 Å². The van der Waals surface area contributed by atoms with Crippen LogP contribution >= 0.6 is 0 Å². The maximum atomic E-state index is 12.1. The van der Waals surface area contributed by atoms with Crippen molar-refractivity contribution in [2.24, 2.45) is 0 Å². The first-order valence-corrected chi connectivity index (χ1v) is 3.23. The number of nitrogens with two attached hydrogens (primary N) is 1. The Morgan fingerprint density at radius 3 is 2.69 bits per heavy atom. The molecule has 13 heavy (non-hydrogen) atoms. The Labute approximate surface area is 72.2 Å². The predicted molar refractivity (Wildman–Crippen MR) is 40.0 cm³/mol. The van der Waals surface area contributed by atoms with Crippen LogP contribution in [0.2, 0.25) is 0 Å². The predicted octanol–water partition coefficient (Wildman–Crippen LogP) is 1.18. The van der Waals surface area contributed by atoms with E-state index in [1.54, 1.807) is 0 Å². The van der Waals surface area contributed by atoms with Gasteiger partial charge < -0.3 is 10.8 Å². The molecule has 1 heterocycles. The normalized spacial score (nSPS) is 10.0. The minimum absolute atomic E-state index is 0.370. The monoisotopic (exact) mass is 185 g/mol. The number of nitriles is 1. The summed E-state index contributed by atoms with van der Waals surface area (Å²) in [5, 5.41) is 17.4. The molecular formula is C7H5F2N3O. The van der Waals surface area contributed by atoms with Gasteiger partial charge in [0.05, 0.1) is 11.9 Å². The van der Waals surface area contributed by atoms with Crippen molar-refractivity contribution in [2.45, 2.75) is 6.43 Å². The molecule has 0 aliphatic rings. The van der Waals surface area contributed by atoms with E-state index >= 15 is 0 Å². The Morgan fingerprint density at radius 1 is 1.62 bits per heavy atom. The Morgan fingerprint density at radius 2 is 2.23 bits per heavy atom. The first-order chi connectivity index (χ1) is 6.07. The van der Waals surface area contributed by atoms with Gasteiger partial charge in [-0.2, -0.15) is 5.26 Å². The summed E-state index contributed by atoms with van der Waals surface area (Å²) in [6, 6.07) is 1.51. The number of alkyl halides is 2. The second-order valence-corrected chi connectivity index (χ2v) is 2.23. The van der Waals surface area contributed by atoms with Crippen LogP contribution in [0.4, 0.5) is 14.5 Å². The van der Waals surface area contributed by atoms with Crippen molar-refractivity contribution in [2.75, 3.05) is 5.73 Å². The van der Waals surface area contributed by atoms with Crippen molar-refractivity contribution in [1.82, 2.24) is 4.98 Å². The van der Waals surface area contributed by atoms with Crippen LogP contribution in [-0.4, -0.2) is 10.1 Å². The highest BCUT2D eigenvalue weighted by atomic mass is 19.3. The van der Waals surface area contributed by atoms with Gasteiger partial charge in [-0.15, -0.1) is 0 Å². The molecule has 0 bridgehead atoms. The number of anilines is 1. The Kier molecular flexibility index (Phi) is 2.28. The Balaban J connectivity index is 3.38. The fourth-order valence-corrected chi connectivity index (χ4v) is 0.822. The number of aromatic hydroxyl groups is 1. The van der Waals surface area contributed by atoms with Gasteiger partial charge in [0.25, 0.3) is 6.43 Å². The van der Waals surface area contributed by atoms with Crippen LogP contribution in [0.1, 0.15) is 17.7 Å². The van der Waals surface area contributed by atoms with E-state index in [2.05, 4.69) is 4.98 Å². The molecule has 0 spiro atoms. The quantitative estimate of drug-likeness (QED) is 0.688. The van der Waals surface area contributed by atoms with E-state index in [9.17, 15) is 8.78 Å². The summed E-state index contributed by atoms with van der Waals surface area (Å²) in [7, 11) is 0. The Hall–Kier alpha value is -1.90. The molecule has 0 aliphatic heterocycles. The minimum atomic E-state index is -2.85. The third kappa shape index (κ3) is 1.49. The highest BCUT2D eigenvalue weighted by Crippen LogP contribution is 2.29. The average molecular weight is 185 g/mol. The van der Waals surface area contributed by atoms with Crippen LogP contribution in [0.5, 0.6) is 5.75 Å². The molecule has 0 amide bonds. The van der Waals surface area contributed by atoms with Gasteiger partial charge >= 0.3 is 0 Å². The van der Waals surface area contributed by atoms with Gasteiger partial charge in [0.1, 0.15) is 17.3 Å². The van der Waals surface area contributed by atoms with Crippen LogP contribution in [0.3, 0.4) is 0 Å². The number of hydrogen-bond donors (Lipinski definition) is 2. The SMILES string of the molecule is N#Cc1c(O)cnc(C(F)F)c1N. The van der Waals surface area contributed by atoms with E-state index < -0.39 is 23.6 Å². The number of halogens is 2.